The van der Waals surface area contributed by atoms with Gasteiger partial charge in [0, 0.05) is 11.1 Å². The Morgan fingerprint density at radius 2 is 2.25 bits per heavy atom. The molecule has 1 saturated carbocycles. The van der Waals surface area contributed by atoms with E-state index in [1.54, 1.807) is 6.07 Å². The number of rotatable bonds is 3. The minimum Gasteiger partial charge on any atom is -0.504 e. The van der Waals surface area contributed by atoms with Crippen LogP contribution in [-0.4, -0.2) is 17.8 Å². The lowest BCUT2D eigenvalue weighted by Gasteiger charge is -2.14. The molecule has 0 bridgehead atoms. The lowest BCUT2D eigenvalue weighted by atomic mass is 10.0. The second kappa shape index (κ2) is 3.89. The van der Waals surface area contributed by atoms with Crippen LogP contribution in [-0.2, 0) is 6.42 Å². The highest BCUT2D eigenvalue weighted by Gasteiger charge is 2.39. The van der Waals surface area contributed by atoms with Crippen LogP contribution in [0.4, 0.5) is 4.39 Å². The summed E-state index contributed by atoms with van der Waals surface area (Å²) in [6.45, 7) is 0. The Kier molecular flexibility index (Phi) is 2.84. The van der Waals surface area contributed by atoms with Gasteiger partial charge in [0.25, 0.3) is 0 Å². The highest BCUT2D eigenvalue weighted by molar-refractivity contribution is 9.10. The van der Waals surface area contributed by atoms with Gasteiger partial charge >= 0.3 is 0 Å². The molecule has 0 unspecified atom stereocenters. The van der Waals surface area contributed by atoms with Gasteiger partial charge in [-0.25, -0.2) is 4.39 Å². The highest BCUT2D eigenvalue weighted by atomic mass is 79.9. The predicted octanol–water partition coefficient (Wildman–Crippen LogP) is 2.34. The SMILES string of the molecule is COc1c(O)c(CC2(N)CC2)cc(Br)c1F. The van der Waals surface area contributed by atoms with E-state index < -0.39 is 5.82 Å². The van der Waals surface area contributed by atoms with Crippen molar-refractivity contribution < 1.29 is 14.2 Å². The van der Waals surface area contributed by atoms with Crippen LogP contribution in [0, 0.1) is 5.82 Å². The fraction of sp³-hybridized carbons (Fsp3) is 0.455. The van der Waals surface area contributed by atoms with Gasteiger partial charge in [-0.05, 0) is 41.3 Å². The fourth-order valence-corrected chi connectivity index (χ4v) is 2.14. The summed E-state index contributed by atoms with van der Waals surface area (Å²) in [6.07, 6.45) is 2.40. The van der Waals surface area contributed by atoms with Crippen LogP contribution in [0.2, 0.25) is 0 Å². The molecule has 3 nitrogen and oxygen atoms in total. The molecule has 0 aromatic heterocycles. The summed E-state index contributed by atoms with van der Waals surface area (Å²) in [5.41, 5.74) is 6.35. The van der Waals surface area contributed by atoms with E-state index in [0.29, 0.717) is 12.0 Å². The summed E-state index contributed by atoms with van der Waals surface area (Å²) >= 11 is 3.09. The van der Waals surface area contributed by atoms with E-state index in [2.05, 4.69) is 15.9 Å². The summed E-state index contributed by atoms with van der Waals surface area (Å²) in [5, 5.41) is 9.84. The summed E-state index contributed by atoms with van der Waals surface area (Å²) in [7, 11) is 1.32. The van der Waals surface area contributed by atoms with Crippen LogP contribution in [0.15, 0.2) is 10.5 Å². The van der Waals surface area contributed by atoms with Crippen LogP contribution in [0.3, 0.4) is 0 Å². The Morgan fingerprint density at radius 1 is 1.62 bits per heavy atom. The van der Waals surface area contributed by atoms with Crippen LogP contribution >= 0.6 is 15.9 Å². The van der Waals surface area contributed by atoms with Gasteiger partial charge in [0.15, 0.2) is 17.3 Å². The quantitative estimate of drug-likeness (QED) is 0.898. The largest absolute Gasteiger partial charge is 0.504 e. The molecule has 2 rings (SSSR count). The van der Waals surface area contributed by atoms with Crippen molar-refractivity contribution in [2.24, 2.45) is 5.73 Å². The van der Waals surface area contributed by atoms with Gasteiger partial charge in [-0.1, -0.05) is 0 Å². The third kappa shape index (κ3) is 2.01. The van der Waals surface area contributed by atoms with E-state index in [9.17, 15) is 9.50 Å². The summed E-state index contributed by atoms with van der Waals surface area (Å²) in [5.74, 6) is -0.876. The Morgan fingerprint density at radius 3 is 2.75 bits per heavy atom. The van der Waals surface area contributed by atoms with Crippen molar-refractivity contribution in [3.63, 3.8) is 0 Å². The number of methoxy groups -OCH3 is 1. The zero-order chi connectivity index (χ0) is 11.9. The number of halogens is 2. The topological polar surface area (TPSA) is 55.5 Å². The minimum atomic E-state index is -0.592. The van der Waals surface area contributed by atoms with Gasteiger partial charge in [0.05, 0.1) is 11.6 Å². The summed E-state index contributed by atoms with van der Waals surface area (Å²) in [4.78, 5) is 0. The van der Waals surface area contributed by atoms with Crippen molar-refractivity contribution >= 4 is 15.9 Å². The molecule has 1 aliphatic carbocycles. The third-order valence-electron chi connectivity index (χ3n) is 2.87. The number of hydrogen-bond acceptors (Lipinski definition) is 3. The van der Waals surface area contributed by atoms with Gasteiger partial charge in [0.1, 0.15) is 0 Å². The highest BCUT2D eigenvalue weighted by Crippen LogP contribution is 2.42. The predicted molar refractivity (Wildman–Crippen MR) is 62.2 cm³/mol. The Balaban J connectivity index is 2.41. The molecule has 0 amide bonds. The maximum Gasteiger partial charge on any atom is 0.198 e. The lowest BCUT2D eigenvalue weighted by Crippen LogP contribution is -2.24. The third-order valence-corrected chi connectivity index (χ3v) is 3.45. The first-order valence-corrected chi connectivity index (χ1v) is 5.79. The second-order valence-corrected chi connectivity index (χ2v) is 5.11. The van der Waals surface area contributed by atoms with Crippen molar-refractivity contribution in [2.45, 2.75) is 24.8 Å². The van der Waals surface area contributed by atoms with Crippen LogP contribution in [0.5, 0.6) is 11.5 Å². The zero-order valence-electron chi connectivity index (χ0n) is 8.89. The minimum absolute atomic E-state index is 0.131. The zero-order valence-corrected chi connectivity index (χ0v) is 10.5. The molecule has 88 valence electrons. The average Bonchev–Trinajstić information content (AvgIpc) is 2.94. The summed E-state index contributed by atoms with van der Waals surface area (Å²) < 4.78 is 18.6. The van der Waals surface area contributed by atoms with Crippen LogP contribution < -0.4 is 10.5 Å². The molecule has 0 spiro atoms. The van der Waals surface area contributed by atoms with E-state index >= 15 is 0 Å². The van der Waals surface area contributed by atoms with E-state index in [0.717, 1.165) is 12.8 Å². The molecule has 0 radical (unpaired) electrons. The van der Waals surface area contributed by atoms with Gasteiger partial charge in [-0.15, -0.1) is 0 Å². The monoisotopic (exact) mass is 289 g/mol. The first-order valence-electron chi connectivity index (χ1n) is 4.99. The summed E-state index contributed by atoms with van der Waals surface area (Å²) in [6, 6.07) is 1.56. The Hall–Kier alpha value is -0.810. The number of phenols is 1. The molecule has 5 heteroatoms. The smallest absolute Gasteiger partial charge is 0.198 e. The molecule has 0 atom stereocenters. The number of nitrogens with two attached hydrogens (primary N) is 1. The van der Waals surface area contributed by atoms with Crippen molar-refractivity contribution in [3.05, 3.63) is 21.9 Å². The molecule has 16 heavy (non-hydrogen) atoms. The lowest BCUT2D eigenvalue weighted by molar-refractivity contribution is 0.346. The normalized spacial score (nSPS) is 17.2. The first kappa shape index (κ1) is 11.7. The van der Waals surface area contributed by atoms with E-state index in [1.165, 1.54) is 7.11 Å². The van der Waals surface area contributed by atoms with Gasteiger partial charge < -0.3 is 15.6 Å². The Labute approximate surface area is 102 Å². The molecule has 1 fully saturated rings. The maximum absolute atomic E-state index is 13.5. The number of benzene rings is 1. The standard InChI is InChI=1S/C11H13BrFNO2/c1-16-10-8(13)7(12)4-6(9(10)15)5-11(14)2-3-11/h4,15H,2-3,5,14H2,1H3. The molecule has 1 aliphatic rings. The average molecular weight is 290 g/mol. The van der Waals surface area contributed by atoms with Gasteiger partial charge in [0.2, 0.25) is 0 Å². The van der Waals surface area contributed by atoms with E-state index in [1.807, 2.05) is 0 Å². The number of hydrogen-bond donors (Lipinski definition) is 2. The number of aromatic hydroxyl groups is 1. The van der Waals surface area contributed by atoms with E-state index in [4.69, 9.17) is 10.5 Å². The fourth-order valence-electron chi connectivity index (χ4n) is 1.68. The molecular formula is C11H13BrFNO2. The number of phenolic OH excluding ortho intramolecular Hbond substituents is 1. The van der Waals surface area contributed by atoms with Crippen LogP contribution in [0.25, 0.3) is 0 Å². The maximum atomic E-state index is 13.5. The van der Waals surface area contributed by atoms with Crippen LogP contribution in [0.1, 0.15) is 18.4 Å². The number of ether oxygens (including phenoxy) is 1. The molecule has 0 saturated heterocycles. The molecule has 1 aromatic carbocycles. The van der Waals surface area contributed by atoms with Crippen molar-refractivity contribution in [2.75, 3.05) is 7.11 Å². The van der Waals surface area contributed by atoms with Crippen molar-refractivity contribution in [1.82, 2.24) is 0 Å². The van der Waals surface area contributed by atoms with Crippen molar-refractivity contribution in [1.29, 1.82) is 0 Å². The molecule has 0 aliphatic heterocycles. The Bertz CT molecular complexity index is 432. The first-order chi connectivity index (χ1) is 7.47. The van der Waals surface area contributed by atoms with E-state index in [-0.39, 0.29) is 21.5 Å². The molecule has 1 aromatic rings. The van der Waals surface area contributed by atoms with Gasteiger partial charge in [-0.3, -0.25) is 0 Å². The molecule has 3 N–H and O–H groups in total. The van der Waals surface area contributed by atoms with Crippen molar-refractivity contribution in [3.8, 4) is 11.5 Å². The van der Waals surface area contributed by atoms with Gasteiger partial charge in [-0.2, -0.15) is 0 Å². The second-order valence-electron chi connectivity index (χ2n) is 4.25. The molecule has 0 heterocycles. The molecular weight excluding hydrogens is 277 g/mol.